The van der Waals surface area contributed by atoms with Gasteiger partial charge in [-0.1, -0.05) is 20.3 Å². The molecule has 0 aromatic carbocycles. The van der Waals surface area contributed by atoms with Gasteiger partial charge >= 0.3 is 0 Å². The van der Waals surface area contributed by atoms with Gasteiger partial charge in [0.15, 0.2) is 0 Å². The average molecular weight is 304 g/mol. The minimum Gasteiger partial charge on any atom is -0.314 e. The molecule has 120 valence electrons. The van der Waals surface area contributed by atoms with Crippen molar-refractivity contribution in [1.29, 1.82) is 0 Å². The van der Waals surface area contributed by atoms with Crippen molar-refractivity contribution < 1.29 is 8.42 Å². The highest BCUT2D eigenvalue weighted by Crippen LogP contribution is 2.23. The molecule has 1 fully saturated rings. The summed E-state index contributed by atoms with van der Waals surface area (Å²) in [7, 11) is -3.00. The molecule has 2 unspecified atom stereocenters. The van der Waals surface area contributed by atoms with Crippen LogP contribution in [0.2, 0.25) is 0 Å². The first-order valence-electron chi connectivity index (χ1n) is 8.15. The van der Waals surface area contributed by atoms with Gasteiger partial charge < -0.3 is 5.32 Å². The summed E-state index contributed by atoms with van der Waals surface area (Å²) in [5, 5.41) is 3.58. The second-order valence-electron chi connectivity index (χ2n) is 6.12. The Labute approximate surface area is 125 Å². The van der Waals surface area contributed by atoms with E-state index in [2.05, 4.69) is 19.2 Å². The van der Waals surface area contributed by atoms with Gasteiger partial charge in [-0.3, -0.25) is 0 Å². The molecule has 1 N–H and O–H groups in total. The van der Waals surface area contributed by atoms with Gasteiger partial charge in [-0.05, 0) is 51.0 Å². The Morgan fingerprint density at radius 2 is 2.10 bits per heavy atom. The highest BCUT2D eigenvalue weighted by molar-refractivity contribution is 7.88. The van der Waals surface area contributed by atoms with Gasteiger partial charge in [0, 0.05) is 19.1 Å². The predicted octanol–water partition coefficient (Wildman–Crippen LogP) is 2.61. The summed E-state index contributed by atoms with van der Waals surface area (Å²) in [4.78, 5) is 0. The molecule has 2 atom stereocenters. The summed E-state index contributed by atoms with van der Waals surface area (Å²) < 4.78 is 24.8. The monoisotopic (exact) mass is 304 g/mol. The molecule has 0 aromatic rings. The Morgan fingerprint density at radius 1 is 1.35 bits per heavy atom. The SMILES string of the molecule is CCCNC(CC)CCCC1CCCN(S(C)(=O)=O)C1. The van der Waals surface area contributed by atoms with Gasteiger partial charge in [-0.15, -0.1) is 0 Å². The third-order valence-electron chi connectivity index (χ3n) is 4.29. The maximum atomic E-state index is 11.6. The van der Waals surface area contributed by atoms with E-state index in [0.29, 0.717) is 18.5 Å². The van der Waals surface area contributed by atoms with Crippen LogP contribution in [0.1, 0.15) is 58.8 Å². The Morgan fingerprint density at radius 3 is 2.70 bits per heavy atom. The third-order valence-corrected chi connectivity index (χ3v) is 5.56. The van der Waals surface area contributed by atoms with Gasteiger partial charge in [0.2, 0.25) is 10.0 Å². The molecule has 0 bridgehead atoms. The molecule has 0 aliphatic carbocycles. The lowest BCUT2D eigenvalue weighted by atomic mass is 9.92. The molecule has 5 heteroatoms. The smallest absolute Gasteiger partial charge is 0.211 e. The van der Waals surface area contributed by atoms with Crippen molar-refractivity contribution in [1.82, 2.24) is 9.62 Å². The quantitative estimate of drug-likeness (QED) is 0.712. The first kappa shape index (κ1) is 17.9. The zero-order valence-electron chi connectivity index (χ0n) is 13.4. The van der Waals surface area contributed by atoms with E-state index in [1.165, 1.54) is 38.4 Å². The molecule has 20 heavy (non-hydrogen) atoms. The van der Waals surface area contributed by atoms with Crippen LogP contribution in [0, 0.1) is 5.92 Å². The Hall–Kier alpha value is -0.130. The van der Waals surface area contributed by atoms with E-state index in [-0.39, 0.29) is 0 Å². The molecular formula is C15H32N2O2S. The van der Waals surface area contributed by atoms with Crippen molar-refractivity contribution in [2.45, 2.75) is 64.8 Å². The summed E-state index contributed by atoms with van der Waals surface area (Å²) in [6, 6.07) is 0.629. The summed E-state index contributed by atoms with van der Waals surface area (Å²) in [6.45, 7) is 6.98. The zero-order valence-corrected chi connectivity index (χ0v) is 14.2. The van der Waals surface area contributed by atoms with Crippen molar-refractivity contribution in [2.75, 3.05) is 25.9 Å². The van der Waals surface area contributed by atoms with Crippen LogP contribution in [0.25, 0.3) is 0 Å². The van der Waals surface area contributed by atoms with Crippen LogP contribution < -0.4 is 5.32 Å². The van der Waals surface area contributed by atoms with E-state index in [1.54, 1.807) is 4.31 Å². The lowest BCUT2D eigenvalue weighted by Crippen LogP contribution is -2.39. The second kappa shape index (κ2) is 9.00. The van der Waals surface area contributed by atoms with Gasteiger partial charge in [0.05, 0.1) is 6.26 Å². The molecule has 1 aliphatic heterocycles. The number of piperidine rings is 1. The molecule has 1 heterocycles. The molecule has 1 aliphatic rings. The van der Waals surface area contributed by atoms with Crippen molar-refractivity contribution in [3.05, 3.63) is 0 Å². The Balaban J connectivity index is 2.27. The van der Waals surface area contributed by atoms with Crippen LogP contribution in [0.3, 0.4) is 0 Å². The molecular weight excluding hydrogens is 272 g/mol. The minimum absolute atomic E-state index is 0.558. The van der Waals surface area contributed by atoms with Crippen LogP contribution in [0.5, 0.6) is 0 Å². The summed E-state index contributed by atoms with van der Waals surface area (Å²) >= 11 is 0. The third kappa shape index (κ3) is 6.55. The normalized spacial score (nSPS) is 22.9. The van der Waals surface area contributed by atoms with Crippen molar-refractivity contribution in [3.8, 4) is 0 Å². The molecule has 0 saturated carbocycles. The minimum atomic E-state index is -3.00. The predicted molar refractivity (Wildman–Crippen MR) is 85.4 cm³/mol. The summed E-state index contributed by atoms with van der Waals surface area (Å²) in [5.74, 6) is 0.558. The average Bonchev–Trinajstić information content (AvgIpc) is 2.42. The van der Waals surface area contributed by atoms with E-state index in [9.17, 15) is 8.42 Å². The van der Waals surface area contributed by atoms with E-state index < -0.39 is 10.0 Å². The standard InChI is InChI=1S/C15H32N2O2S/c1-4-11-16-15(5-2)10-6-8-14-9-7-12-17(13-14)20(3,18)19/h14-16H,4-13H2,1-3H3. The highest BCUT2D eigenvalue weighted by Gasteiger charge is 2.25. The fourth-order valence-electron chi connectivity index (χ4n) is 3.02. The fraction of sp³-hybridized carbons (Fsp3) is 1.00. The summed E-state index contributed by atoms with van der Waals surface area (Å²) in [6.07, 6.45) is 9.48. The maximum absolute atomic E-state index is 11.6. The van der Waals surface area contributed by atoms with E-state index >= 15 is 0 Å². The van der Waals surface area contributed by atoms with Crippen LogP contribution in [-0.2, 0) is 10.0 Å². The lowest BCUT2D eigenvalue weighted by molar-refractivity contribution is 0.249. The van der Waals surface area contributed by atoms with Gasteiger partial charge in [-0.25, -0.2) is 12.7 Å². The molecule has 0 amide bonds. The van der Waals surface area contributed by atoms with Gasteiger partial charge in [0.25, 0.3) is 0 Å². The number of nitrogens with one attached hydrogen (secondary N) is 1. The second-order valence-corrected chi connectivity index (χ2v) is 8.10. The number of hydrogen-bond acceptors (Lipinski definition) is 3. The topological polar surface area (TPSA) is 49.4 Å². The number of nitrogens with zero attached hydrogens (tertiary/aromatic N) is 1. The van der Waals surface area contributed by atoms with Crippen molar-refractivity contribution in [3.63, 3.8) is 0 Å². The fourth-order valence-corrected chi connectivity index (χ4v) is 3.96. The van der Waals surface area contributed by atoms with E-state index in [1.807, 2.05) is 0 Å². The lowest BCUT2D eigenvalue weighted by Gasteiger charge is -2.31. The van der Waals surface area contributed by atoms with Crippen LogP contribution in [0.4, 0.5) is 0 Å². The Kier molecular flexibility index (Phi) is 8.07. The largest absolute Gasteiger partial charge is 0.314 e. The molecule has 4 nitrogen and oxygen atoms in total. The van der Waals surface area contributed by atoms with Crippen LogP contribution in [0.15, 0.2) is 0 Å². The van der Waals surface area contributed by atoms with Crippen LogP contribution >= 0.6 is 0 Å². The first-order chi connectivity index (χ1) is 9.47. The van der Waals surface area contributed by atoms with Gasteiger partial charge in [-0.2, -0.15) is 0 Å². The van der Waals surface area contributed by atoms with Crippen molar-refractivity contribution in [2.24, 2.45) is 5.92 Å². The molecule has 0 spiro atoms. The molecule has 1 saturated heterocycles. The number of rotatable bonds is 9. The Bertz CT molecular complexity index is 357. The number of sulfonamides is 1. The maximum Gasteiger partial charge on any atom is 0.211 e. The van der Waals surface area contributed by atoms with Crippen LogP contribution in [-0.4, -0.2) is 44.7 Å². The molecule has 0 aromatic heterocycles. The zero-order chi connectivity index (χ0) is 15.0. The van der Waals surface area contributed by atoms with Gasteiger partial charge in [0.1, 0.15) is 0 Å². The first-order valence-corrected chi connectivity index (χ1v) is 10.0. The molecule has 0 radical (unpaired) electrons. The summed E-state index contributed by atoms with van der Waals surface area (Å²) in [5.41, 5.74) is 0. The van der Waals surface area contributed by atoms with Crippen molar-refractivity contribution >= 4 is 10.0 Å². The molecule has 1 rings (SSSR count). The highest BCUT2D eigenvalue weighted by atomic mass is 32.2. The number of hydrogen-bond donors (Lipinski definition) is 1. The van der Waals surface area contributed by atoms with E-state index in [0.717, 1.165) is 25.9 Å². The van der Waals surface area contributed by atoms with E-state index in [4.69, 9.17) is 0 Å².